The predicted octanol–water partition coefficient (Wildman–Crippen LogP) is 4.34. The van der Waals surface area contributed by atoms with Crippen LogP contribution in [0.25, 0.3) is 21.8 Å². The molecule has 0 saturated carbocycles. The van der Waals surface area contributed by atoms with Crippen LogP contribution in [0.15, 0.2) is 66.7 Å². The van der Waals surface area contributed by atoms with Crippen LogP contribution in [0, 0.1) is 0 Å². The number of benzene rings is 3. The molecule has 0 aliphatic rings. The Morgan fingerprint density at radius 3 is 2.30 bits per heavy atom. The summed E-state index contributed by atoms with van der Waals surface area (Å²) in [7, 11) is -3.67. The molecule has 0 radical (unpaired) electrons. The number of nitrogens with two attached hydrogens (primary N) is 1. The molecular formula is C22H23ClN2O4S. The highest BCUT2D eigenvalue weighted by Crippen LogP contribution is 2.40. The summed E-state index contributed by atoms with van der Waals surface area (Å²) in [6, 6.07) is 22.8. The van der Waals surface area contributed by atoms with Gasteiger partial charge in [-0.2, -0.15) is 8.42 Å². The van der Waals surface area contributed by atoms with Gasteiger partial charge in [-0.3, -0.25) is 4.55 Å². The number of para-hydroxylation sites is 1. The Labute approximate surface area is 180 Å². The van der Waals surface area contributed by atoms with E-state index in [9.17, 15) is 8.42 Å². The highest BCUT2D eigenvalue weighted by molar-refractivity contribution is 7.85. The van der Waals surface area contributed by atoms with Gasteiger partial charge in [0.1, 0.15) is 12.4 Å². The third kappa shape index (κ3) is 5.31. The van der Waals surface area contributed by atoms with Crippen molar-refractivity contribution in [3.8, 4) is 5.75 Å². The van der Waals surface area contributed by atoms with Crippen molar-refractivity contribution in [3.63, 3.8) is 0 Å². The largest absolute Gasteiger partial charge is 0.490 e. The van der Waals surface area contributed by atoms with E-state index in [1.54, 1.807) is 0 Å². The van der Waals surface area contributed by atoms with Gasteiger partial charge in [-0.05, 0) is 23.8 Å². The summed E-state index contributed by atoms with van der Waals surface area (Å²) in [5.74, 6) is 0.715. The first-order valence-electron chi connectivity index (χ1n) is 9.28. The van der Waals surface area contributed by atoms with Gasteiger partial charge in [-0.25, -0.2) is 0 Å². The fourth-order valence-corrected chi connectivity index (χ4v) is 3.53. The third-order valence-electron chi connectivity index (χ3n) is 4.39. The summed E-state index contributed by atoms with van der Waals surface area (Å²) in [5.41, 5.74) is 9.15. The van der Waals surface area contributed by atoms with Crippen molar-refractivity contribution < 1.29 is 17.7 Å². The molecule has 0 spiro atoms. The van der Waals surface area contributed by atoms with Crippen LogP contribution in [-0.2, 0) is 16.7 Å². The number of nitrogens with zero attached hydrogens (tertiary/aromatic N) is 1. The van der Waals surface area contributed by atoms with E-state index >= 15 is 0 Å². The SMILES string of the molecule is CS(=O)(=O)O.NCCOc1c(Cl)ccc2c1c1ccccc1n2Cc1ccccc1. The van der Waals surface area contributed by atoms with Gasteiger partial charge in [-0.1, -0.05) is 60.1 Å². The van der Waals surface area contributed by atoms with Gasteiger partial charge in [-0.15, -0.1) is 0 Å². The van der Waals surface area contributed by atoms with E-state index in [4.69, 9.17) is 26.6 Å². The fourth-order valence-electron chi connectivity index (χ4n) is 3.32. The number of fused-ring (bicyclic) bond motifs is 3. The number of halogens is 1. The lowest BCUT2D eigenvalue weighted by Gasteiger charge is -2.10. The Bertz CT molecular complexity index is 1250. The van der Waals surface area contributed by atoms with E-state index in [0.29, 0.717) is 30.2 Å². The maximum Gasteiger partial charge on any atom is 0.261 e. The average molecular weight is 447 g/mol. The van der Waals surface area contributed by atoms with E-state index < -0.39 is 10.1 Å². The Morgan fingerprint density at radius 1 is 1.00 bits per heavy atom. The topological polar surface area (TPSA) is 94.6 Å². The van der Waals surface area contributed by atoms with Crippen LogP contribution in [0.4, 0.5) is 0 Å². The Hall–Kier alpha value is -2.58. The minimum absolute atomic E-state index is 0.441. The van der Waals surface area contributed by atoms with Crippen molar-refractivity contribution >= 4 is 43.5 Å². The van der Waals surface area contributed by atoms with Crippen LogP contribution in [-0.4, -0.2) is 36.9 Å². The van der Waals surface area contributed by atoms with Crippen LogP contribution < -0.4 is 10.5 Å². The summed E-state index contributed by atoms with van der Waals surface area (Å²) in [6.07, 6.45) is 0.715. The number of rotatable bonds is 5. The van der Waals surface area contributed by atoms with Gasteiger partial charge < -0.3 is 15.0 Å². The molecule has 0 saturated heterocycles. The highest BCUT2D eigenvalue weighted by Gasteiger charge is 2.17. The summed E-state index contributed by atoms with van der Waals surface area (Å²) in [6.45, 7) is 1.69. The normalized spacial score (nSPS) is 11.3. The lowest BCUT2D eigenvalue weighted by Crippen LogP contribution is -2.11. The fraction of sp³-hybridized carbons (Fsp3) is 0.182. The molecule has 158 valence electrons. The predicted molar refractivity (Wildman–Crippen MR) is 122 cm³/mol. The molecule has 0 bridgehead atoms. The molecule has 3 N–H and O–H groups in total. The summed E-state index contributed by atoms with van der Waals surface area (Å²) in [4.78, 5) is 0. The maximum absolute atomic E-state index is 9.19. The number of hydrogen-bond acceptors (Lipinski definition) is 4. The molecule has 1 aromatic heterocycles. The average Bonchev–Trinajstić information content (AvgIpc) is 3.01. The molecule has 1 heterocycles. The number of ether oxygens (including phenoxy) is 1. The second-order valence-electron chi connectivity index (χ2n) is 6.73. The van der Waals surface area contributed by atoms with Crippen molar-refractivity contribution in [2.24, 2.45) is 5.73 Å². The molecule has 6 nitrogen and oxygen atoms in total. The first-order valence-corrected chi connectivity index (χ1v) is 11.5. The molecule has 30 heavy (non-hydrogen) atoms. The van der Waals surface area contributed by atoms with Crippen LogP contribution in [0.3, 0.4) is 0 Å². The van der Waals surface area contributed by atoms with Gasteiger partial charge in [0.15, 0.2) is 0 Å². The van der Waals surface area contributed by atoms with Gasteiger partial charge in [0.2, 0.25) is 0 Å². The Kier molecular flexibility index (Phi) is 6.99. The molecular weight excluding hydrogens is 424 g/mol. The van der Waals surface area contributed by atoms with Gasteiger partial charge in [0.25, 0.3) is 10.1 Å². The van der Waals surface area contributed by atoms with E-state index in [1.165, 1.54) is 11.1 Å². The smallest absolute Gasteiger partial charge is 0.261 e. The van der Waals surface area contributed by atoms with Gasteiger partial charge >= 0.3 is 0 Å². The molecule has 0 fully saturated rings. The standard InChI is InChI=1S/C21H19ClN2O.CH4O3S/c22-17-10-11-19-20(21(17)25-13-12-23)16-8-4-5-9-18(16)24(19)14-15-6-2-1-3-7-15;1-5(2,3)4/h1-11H,12-14,23H2;1H3,(H,2,3,4). The van der Waals surface area contributed by atoms with E-state index in [2.05, 4.69) is 53.1 Å². The molecule has 4 rings (SSSR count). The minimum Gasteiger partial charge on any atom is -0.490 e. The molecule has 3 aromatic carbocycles. The number of hydrogen-bond donors (Lipinski definition) is 2. The van der Waals surface area contributed by atoms with Crippen LogP contribution in [0.5, 0.6) is 5.75 Å². The molecule has 0 aliphatic heterocycles. The van der Waals surface area contributed by atoms with Crippen molar-refractivity contribution in [3.05, 3.63) is 77.3 Å². The second kappa shape index (κ2) is 9.49. The van der Waals surface area contributed by atoms with Crippen LogP contribution in [0.2, 0.25) is 5.02 Å². The maximum atomic E-state index is 9.19. The van der Waals surface area contributed by atoms with E-state index in [1.807, 2.05) is 18.2 Å². The van der Waals surface area contributed by atoms with E-state index in [0.717, 1.165) is 22.8 Å². The quantitative estimate of drug-likeness (QED) is 0.445. The number of aromatic nitrogens is 1. The zero-order chi connectivity index (χ0) is 21.7. The third-order valence-corrected chi connectivity index (χ3v) is 4.69. The van der Waals surface area contributed by atoms with Crippen LogP contribution in [0.1, 0.15) is 5.56 Å². The molecule has 0 unspecified atom stereocenters. The van der Waals surface area contributed by atoms with Crippen molar-refractivity contribution in [1.29, 1.82) is 0 Å². The molecule has 8 heteroatoms. The molecule has 4 aromatic rings. The van der Waals surface area contributed by atoms with Crippen LogP contribution >= 0.6 is 11.6 Å². The molecule has 0 atom stereocenters. The monoisotopic (exact) mass is 446 g/mol. The summed E-state index contributed by atoms with van der Waals surface area (Å²) >= 11 is 6.43. The van der Waals surface area contributed by atoms with Gasteiger partial charge in [0, 0.05) is 24.0 Å². The zero-order valence-corrected chi connectivity index (χ0v) is 18.0. The first-order chi connectivity index (χ1) is 14.3. The lowest BCUT2D eigenvalue weighted by molar-refractivity contribution is 0.332. The summed E-state index contributed by atoms with van der Waals surface area (Å²) < 4.78 is 34.1. The Balaban J connectivity index is 0.000000461. The zero-order valence-electron chi connectivity index (χ0n) is 16.5. The highest BCUT2D eigenvalue weighted by atomic mass is 35.5. The summed E-state index contributed by atoms with van der Waals surface area (Å²) in [5, 5.41) is 2.80. The van der Waals surface area contributed by atoms with Crippen molar-refractivity contribution in [1.82, 2.24) is 4.57 Å². The molecule has 0 aliphatic carbocycles. The lowest BCUT2D eigenvalue weighted by atomic mass is 10.1. The molecule has 0 amide bonds. The van der Waals surface area contributed by atoms with Gasteiger partial charge in [0.05, 0.1) is 22.2 Å². The van der Waals surface area contributed by atoms with Crippen molar-refractivity contribution in [2.75, 3.05) is 19.4 Å². The Morgan fingerprint density at radius 2 is 1.63 bits per heavy atom. The first kappa shape index (κ1) is 22.1. The van der Waals surface area contributed by atoms with Crippen molar-refractivity contribution in [2.45, 2.75) is 6.54 Å². The second-order valence-corrected chi connectivity index (χ2v) is 8.60. The van der Waals surface area contributed by atoms with E-state index in [-0.39, 0.29) is 0 Å². The minimum atomic E-state index is -3.67.